The van der Waals surface area contributed by atoms with Gasteiger partial charge in [0.25, 0.3) is 0 Å². The van der Waals surface area contributed by atoms with Crippen LogP contribution < -0.4 is 5.32 Å². The first-order valence-corrected chi connectivity index (χ1v) is 7.86. The second-order valence-electron chi connectivity index (χ2n) is 5.02. The Balaban J connectivity index is 1.95. The van der Waals surface area contributed by atoms with E-state index in [2.05, 4.69) is 21.2 Å². The smallest absolute Gasteiger partial charge is 0.307 e. The number of carbonyl (C=O) groups is 2. The van der Waals surface area contributed by atoms with Crippen molar-refractivity contribution in [3.05, 3.63) is 65.5 Å². The van der Waals surface area contributed by atoms with E-state index in [1.54, 1.807) is 42.5 Å². The molecule has 0 bridgehead atoms. The van der Waals surface area contributed by atoms with Crippen molar-refractivity contribution in [2.24, 2.45) is 0 Å². The largest absolute Gasteiger partial charge is 0.481 e. The highest BCUT2D eigenvalue weighted by Crippen LogP contribution is 2.16. The molecule has 0 saturated heterocycles. The minimum absolute atomic E-state index is 0.0669. The predicted molar refractivity (Wildman–Crippen MR) is 89.2 cm³/mol. The Kier molecular flexibility index (Phi) is 5.87. The van der Waals surface area contributed by atoms with Crippen LogP contribution in [0.25, 0.3) is 0 Å². The summed E-state index contributed by atoms with van der Waals surface area (Å²) in [5.41, 5.74) is 1.67. The Morgan fingerprint density at radius 3 is 2.39 bits per heavy atom. The minimum atomic E-state index is -0.910. The van der Waals surface area contributed by atoms with Crippen LogP contribution in [0.15, 0.2) is 48.5 Å². The second-order valence-corrected chi connectivity index (χ2v) is 6.13. The third-order valence-corrected chi connectivity index (χ3v) is 3.96. The van der Waals surface area contributed by atoms with Crippen LogP contribution in [0.2, 0.25) is 0 Å². The molecule has 0 heterocycles. The van der Waals surface area contributed by atoms with Gasteiger partial charge in [0.2, 0.25) is 5.91 Å². The minimum Gasteiger partial charge on any atom is -0.481 e. The number of anilines is 1. The molecule has 0 spiro atoms. The molecule has 0 aromatic heterocycles. The van der Waals surface area contributed by atoms with Crippen molar-refractivity contribution in [2.75, 3.05) is 5.32 Å². The number of amides is 1. The fourth-order valence-electron chi connectivity index (χ4n) is 2.05. The van der Waals surface area contributed by atoms with Gasteiger partial charge in [-0.25, -0.2) is 4.39 Å². The zero-order valence-electron chi connectivity index (χ0n) is 12.1. The summed E-state index contributed by atoms with van der Waals surface area (Å²) < 4.78 is 13.6. The molecule has 0 aliphatic heterocycles. The van der Waals surface area contributed by atoms with Gasteiger partial charge < -0.3 is 10.4 Å². The summed E-state index contributed by atoms with van der Waals surface area (Å²) in [4.78, 5) is 22.2. The van der Waals surface area contributed by atoms with Gasteiger partial charge in [0.1, 0.15) is 5.82 Å². The van der Waals surface area contributed by atoms with Crippen molar-refractivity contribution < 1.29 is 19.1 Å². The molecule has 120 valence electrons. The van der Waals surface area contributed by atoms with E-state index in [4.69, 9.17) is 5.11 Å². The summed E-state index contributed by atoms with van der Waals surface area (Å²) >= 11 is 3.26. The van der Waals surface area contributed by atoms with E-state index in [1.165, 1.54) is 6.07 Å². The van der Waals surface area contributed by atoms with Gasteiger partial charge in [-0.05, 0) is 35.7 Å². The summed E-state index contributed by atoms with van der Waals surface area (Å²) in [6.07, 6.45) is 0.165. The van der Waals surface area contributed by atoms with Crippen molar-refractivity contribution in [1.29, 1.82) is 0 Å². The molecule has 6 heteroatoms. The molecule has 1 unspecified atom stereocenters. The van der Waals surface area contributed by atoms with Gasteiger partial charge >= 0.3 is 5.97 Å². The average molecular weight is 380 g/mol. The maximum atomic E-state index is 13.6. The molecule has 1 amide bonds. The van der Waals surface area contributed by atoms with Crippen LogP contribution in [0.5, 0.6) is 0 Å². The maximum Gasteiger partial charge on any atom is 0.307 e. The molecule has 2 N–H and O–H groups in total. The Bertz CT molecular complexity index is 703. The van der Waals surface area contributed by atoms with Crippen LogP contribution in [0.4, 0.5) is 10.1 Å². The van der Waals surface area contributed by atoms with E-state index < -0.39 is 10.8 Å². The van der Waals surface area contributed by atoms with E-state index in [0.29, 0.717) is 16.8 Å². The third-order valence-electron chi connectivity index (χ3n) is 3.22. The highest BCUT2D eigenvalue weighted by molar-refractivity contribution is 9.10. The SMILES string of the molecule is O=C(O)Cc1ccc(NC(=O)C(Br)Cc2ccccc2F)cc1. The normalized spacial score (nSPS) is 11.7. The van der Waals surface area contributed by atoms with Gasteiger partial charge in [0.05, 0.1) is 11.2 Å². The quantitative estimate of drug-likeness (QED) is 0.755. The molecule has 0 fully saturated rings. The Morgan fingerprint density at radius 2 is 1.78 bits per heavy atom. The molecule has 0 aliphatic carbocycles. The lowest BCUT2D eigenvalue weighted by atomic mass is 10.1. The molecule has 4 nitrogen and oxygen atoms in total. The van der Waals surface area contributed by atoms with Gasteiger partial charge in [-0.1, -0.05) is 46.3 Å². The number of carbonyl (C=O) groups excluding carboxylic acids is 1. The van der Waals surface area contributed by atoms with E-state index in [9.17, 15) is 14.0 Å². The highest BCUT2D eigenvalue weighted by atomic mass is 79.9. The molecule has 1 atom stereocenters. The van der Waals surface area contributed by atoms with E-state index >= 15 is 0 Å². The lowest BCUT2D eigenvalue weighted by molar-refractivity contribution is -0.136. The molecule has 0 aliphatic rings. The number of nitrogens with one attached hydrogen (secondary N) is 1. The van der Waals surface area contributed by atoms with E-state index in [-0.39, 0.29) is 24.6 Å². The molecule has 2 aromatic carbocycles. The number of halogens is 2. The standard InChI is InChI=1S/C17H15BrFNO3/c18-14(10-12-3-1-2-4-15(12)19)17(23)20-13-7-5-11(6-8-13)9-16(21)22/h1-8,14H,9-10H2,(H,20,23)(H,21,22). The van der Waals surface area contributed by atoms with E-state index in [1.807, 2.05) is 0 Å². The number of hydrogen-bond donors (Lipinski definition) is 2. The average Bonchev–Trinajstić information content (AvgIpc) is 2.51. The van der Waals surface area contributed by atoms with Crippen molar-refractivity contribution >= 4 is 33.5 Å². The van der Waals surface area contributed by atoms with Crippen LogP contribution in [-0.2, 0) is 22.4 Å². The highest BCUT2D eigenvalue weighted by Gasteiger charge is 2.17. The number of hydrogen-bond acceptors (Lipinski definition) is 2. The second kappa shape index (κ2) is 7.87. The fraction of sp³-hybridized carbons (Fsp3) is 0.176. The third kappa shape index (κ3) is 5.17. The number of carboxylic acids is 1. The molecule has 23 heavy (non-hydrogen) atoms. The molecule has 0 radical (unpaired) electrons. The predicted octanol–water partition coefficient (Wildman–Crippen LogP) is 3.40. The Hall–Kier alpha value is -2.21. The number of carboxylic acid groups (broad SMARTS) is 1. The summed E-state index contributed by atoms with van der Waals surface area (Å²) in [5.74, 6) is -1.55. The number of benzene rings is 2. The zero-order chi connectivity index (χ0) is 16.8. The summed E-state index contributed by atoms with van der Waals surface area (Å²) in [7, 11) is 0. The topological polar surface area (TPSA) is 66.4 Å². The Morgan fingerprint density at radius 1 is 1.13 bits per heavy atom. The van der Waals surface area contributed by atoms with Gasteiger partial charge in [-0.3, -0.25) is 9.59 Å². The van der Waals surface area contributed by atoms with Gasteiger partial charge in [0.15, 0.2) is 0 Å². The zero-order valence-corrected chi connectivity index (χ0v) is 13.7. The van der Waals surface area contributed by atoms with Crippen LogP contribution in [0.1, 0.15) is 11.1 Å². The monoisotopic (exact) mass is 379 g/mol. The Labute approximate surface area is 141 Å². The number of alkyl halides is 1. The van der Waals surface area contributed by atoms with Crippen LogP contribution in [-0.4, -0.2) is 21.8 Å². The summed E-state index contributed by atoms with van der Waals surface area (Å²) in [5, 5.41) is 11.4. The van der Waals surface area contributed by atoms with Crippen molar-refractivity contribution in [1.82, 2.24) is 0 Å². The first-order valence-electron chi connectivity index (χ1n) is 6.95. The van der Waals surface area contributed by atoms with Gasteiger partial charge in [0, 0.05) is 5.69 Å². The van der Waals surface area contributed by atoms with E-state index in [0.717, 1.165) is 0 Å². The van der Waals surface area contributed by atoms with Crippen molar-refractivity contribution in [3.63, 3.8) is 0 Å². The molecule has 2 rings (SSSR count). The molecule has 0 saturated carbocycles. The number of aliphatic carboxylic acids is 1. The molecular formula is C17H15BrFNO3. The lowest BCUT2D eigenvalue weighted by Gasteiger charge is -2.12. The maximum absolute atomic E-state index is 13.6. The van der Waals surface area contributed by atoms with Crippen LogP contribution >= 0.6 is 15.9 Å². The first kappa shape index (κ1) is 17.1. The van der Waals surface area contributed by atoms with Crippen molar-refractivity contribution in [3.8, 4) is 0 Å². The summed E-state index contributed by atoms with van der Waals surface area (Å²) in [6.45, 7) is 0. The van der Waals surface area contributed by atoms with Crippen molar-refractivity contribution in [2.45, 2.75) is 17.7 Å². The van der Waals surface area contributed by atoms with Gasteiger partial charge in [-0.2, -0.15) is 0 Å². The summed E-state index contributed by atoms with van der Waals surface area (Å²) in [6, 6.07) is 12.9. The fourth-order valence-corrected chi connectivity index (χ4v) is 2.51. The van der Waals surface area contributed by atoms with Crippen LogP contribution in [0.3, 0.4) is 0 Å². The number of rotatable bonds is 6. The lowest BCUT2D eigenvalue weighted by Crippen LogP contribution is -2.25. The van der Waals surface area contributed by atoms with Crippen LogP contribution in [0, 0.1) is 5.82 Å². The first-order chi connectivity index (χ1) is 11.0. The van der Waals surface area contributed by atoms with Gasteiger partial charge in [-0.15, -0.1) is 0 Å². The molecule has 2 aromatic rings. The molecular weight excluding hydrogens is 365 g/mol.